The summed E-state index contributed by atoms with van der Waals surface area (Å²) in [6.07, 6.45) is 0. The molecule has 19 heavy (non-hydrogen) atoms. The van der Waals surface area contributed by atoms with Crippen LogP contribution in [0.4, 0.5) is 0 Å². The number of carboxylic acids is 1. The number of rotatable bonds is 6. The molecule has 7 heteroatoms. The zero-order valence-electron chi connectivity index (χ0n) is 10.4. The van der Waals surface area contributed by atoms with Crippen molar-refractivity contribution < 1.29 is 14.3 Å². The molecule has 1 heterocycles. The lowest BCUT2D eigenvalue weighted by Gasteiger charge is -2.12. The number of nitrogens with one attached hydrogen (secondary N) is 3. The summed E-state index contributed by atoms with van der Waals surface area (Å²) in [7, 11) is 1.60. The van der Waals surface area contributed by atoms with Crippen LogP contribution < -0.4 is 16.4 Å². The van der Waals surface area contributed by atoms with Crippen LogP contribution in [0.2, 0.25) is 0 Å². The Morgan fingerprint density at radius 2 is 2.32 bits per heavy atom. The van der Waals surface area contributed by atoms with Crippen molar-refractivity contribution >= 4 is 17.1 Å². The van der Waals surface area contributed by atoms with E-state index in [2.05, 4.69) is 15.6 Å². The average Bonchev–Trinajstić information content (AvgIpc) is 2.73. The highest BCUT2D eigenvalue weighted by atomic mass is 16.4. The Bertz CT molecular complexity index is 631. The van der Waals surface area contributed by atoms with Crippen molar-refractivity contribution in [3.05, 3.63) is 34.3 Å². The van der Waals surface area contributed by atoms with Gasteiger partial charge in [0.2, 0.25) is 0 Å². The lowest BCUT2D eigenvalue weighted by Crippen LogP contribution is -2.42. The Balaban J connectivity index is 1.98. The largest absolute Gasteiger partial charge is 0.480 e. The summed E-state index contributed by atoms with van der Waals surface area (Å²) < 4.78 is 4.90. The molecule has 1 unspecified atom stereocenters. The van der Waals surface area contributed by atoms with E-state index in [0.717, 1.165) is 5.56 Å². The van der Waals surface area contributed by atoms with Crippen LogP contribution in [0.5, 0.6) is 0 Å². The van der Waals surface area contributed by atoms with Crippen LogP contribution in [0.1, 0.15) is 5.56 Å². The Morgan fingerprint density at radius 1 is 1.53 bits per heavy atom. The minimum atomic E-state index is -0.899. The monoisotopic (exact) mass is 265 g/mol. The van der Waals surface area contributed by atoms with Gasteiger partial charge in [0.25, 0.3) is 0 Å². The molecular formula is C12H15N3O4. The summed E-state index contributed by atoms with van der Waals surface area (Å²) in [6.45, 7) is 0.820. The van der Waals surface area contributed by atoms with E-state index in [-0.39, 0.29) is 0 Å². The number of aromatic nitrogens is 1. The maximum atomic E-state index is 11.0. The number of carboxylic acid groups (broad SMARTS) is 1. The summed E-state index contributed by atoms with van der Waals surface area (Å²) >= 11 is 0. The van der Waals surface area contributed by atoms with Gasteiger partial charge in [-0.2, -0.15) is 0 Å². The third-order valence-electron chi connectivity index (χ3n) is 2.81. The fraction of sp³-hybridized carbons (Fsp3) is 0.333. The third-order valence-corrected chi connectivity index (χ3v) is 2.81. The van der Waals surface area contributed by atoms with Gasteiger partial charge >= 0.3 is 11.7 Å². The maximum Gasteiger partial charge on any atom is 0.417 e. The standard InChI is InChI=1S/C12H15N3O4/c1-13-9(11(16)17)6-14-5-7-2-3-10-8(4-7)15-12(18)19-10/h2-4,9,13-14H,5-6H2,1H3,(H,15,18)(H,16,17). The number of likely N-dealkylation sites (N-methyl/N-ethyl adjacent to an activating group) is 1. The fourth-order valence-electron chi connectivity index (χ4n) is 1.78. The Hall–Kier alpha value is -2.12. The van der Waals surface area contributed by atoms with Gasteiger partial charge in [0.1, 0.15) is 6.04 Å². The molecule has 0 fully saturated rings. The van der Waals surface area contributed by atoms with E-state index in [9.17, 15) is 9.59 Å². The number of benzene rings is 1. The van der Waals surface area contributed by atoms with Crippen LogP contribution in [0.15, 0.2) is 27.4 Å². The van der Waals surface area contributed by atoms with Crippen molar-refractivity contribution in [2.45, 2.75) is 12.6 Å². The van der Waals surface area contributed by atoms with E-state index >= 15 is 0 Å². The summed E-state index contributed by atoms with van der Waals surface area (Å²) in [5.74, 6) is -1.38. The maximum absolute atomic E-state index is 11.0. The molecule has 0 aliphatic carbocycles. The SMILES string of the molecule is CNC(CNCc1ccc2oc(=O)[nH]c2c1)C(=O)O. The highest BCUT2D eigenvalue weighted by Crippen LogP contribution is 2.11. The first kappa shape index (κ1) is 13.3. The lowest BCUT2D eigenvalue weighted by molar-refractivity contribution is -0.139. The number of aliphatic carboxylic acids is 1. The predicted octanol–water partition coefficient (Wildman–Crippen LogP) is -0.117. The Kier molecular flexibility index (Phi) is 3.98. The molecule has 1 atom stereocenters. The van der Waals surface area contributed by atoms with Gasteiger partial charge in [-0.3, -0.25) is 9.78 Å². The number of hydrogen-bond donors (Lipinski definition) is 4. The molecule has 2 aromatic rings. The van der Waals surface area contributed by atoms with Crippen molar-refractivity contribution in [1.82, 2.24) is 15.6 Å². The predicted molar refractivity (Wildman–Crippen MR) is 69.0 cm³/mol. The average molecular weight is 265 g/mol. The zero-order valence-corrected chi connectivity index (χ0v) is 10.4. The van der Waals surface area contributed by atoms with E-state index in [0.29, 0.717) is 24.2 Å². The number of hydrogen-bond acceptors (Lipinski definition) is 5. The molecule has 102 valence electrons. The molecule has 0 saturated heterocycles. The van der Waals surface area contributed by atoms with Crippen LogP contribution in [0.25, 0.3) is 11.1 Å². The van der Waals surface area contributed by atoms with Crippen molar-refractivity contribution in [3.63, 3.8) is 0 Å². The van der Waals surface area contributed by atoms with E-state index in [1.54, 1.807) is 19.2 Å². The lowest BCUT2D eigenvalue weighted by atomic mass is 10.2. The second-order valence-corrected chi connectivity index (χ2v) is 4.16. The van der Waals surface area contributed by atoms with Gasteiger partial charge in [-0.25, -0.2) is 4.79 Å². The zero-order chi connectivity index (χ0) is 13.8. The molecule has 1 aromatic heterocycles. The van der Waals surface area contributed by atoms with Gasteiger partial charge in [0.05, 0.1) is 5.52 Å². The van der Waals surface area contributed by atoms with E-state index < -0.39 is 17.8 Å². The van der Waals surface area contributed by atoms with Gasteiger partial charge < -0.3 is 20.2 Å². The normalized spacial score (nSPS) is 12.7. The summed E-state index contributed by atoms with van der Waals surface area (Å²) in [6, 6.07) is 4.69. The van der Waals surface area contributed by atoms with Crippen molar-refractivity contribution in [2.75, 3.05) is 13.6 Å². The van der Waals surface area contributed by atoms with Crippen LogP contribution in [-0.2, 0) is 11.3 Å². The fourth-order valence-corrected chi connectivity index (χ4v) is 1.78. The molecule has 0 saturated carbocycles. The van der Waals surface area contributed by atoms with Crippen molar-refractivity contribution in [2.24, 2.45) is 0 Å². The van der Waals surface area contributed by atoms with Crippen LogP contribution in [0.3, 0.4) is 0 Å². The molecule has 0 aliphatic heterocycles. The molecule has 7 nitrogen and oxygen atoms in total. The minimum absolute atomic E-state index is 0.311. The second kappa shape index (κ2) is 5.68. The van der Waals surface area contributed by atoms with Gasteiger partial charge in [-0.1, -0.05) is 6.07 Å². The number of carbonyl (C=O) groups is 1. The quantitative estimate of drug-likeness (QED) is 0.580. The van der Waals surface area contributed by atoms with Crippen LogP contribution in [-0.4, -0.2) is 35.7 Å². The molecule has 0 amide bonds. The van der Waals surface area contributed by atoms with Crippen LogP contribution in [0, 0.1) is 0 Å². The molecular weight excluding hydrogens is 250 g/mol. The first-order chi connectivity index (χ1) is 9.10. The summed E-state index contributed by atoms with van der Waals surface area (Å²) in [5, 5.41) is 14.6. The number of oxazole rings is 1. The number of H-pyrrole nitrogens is 1. The molecule has 0 aliphatic rings. The molecule has 4 N–H and O–H groups in total. The highest BCUT2D eigenvalue weighted by molar-refractivity contribution is 5.74. The molecule has 0 radical (unpaired) electrons. The van der Waals surface area contributed by atoms with Gasteiger partial charge in [-0.05, 0) is 24.7 Å². The molecule has 0 bridgehead atoms. The smallest absolute Gasteiger partial charge is 0.417 e. The Morgan fingerprint density at radius 3 is 3.00 bits per heavy atom. The van der Waals surface area contributed by atoms with Crippen molar-refractivity contribution in [1.29, 1.82) is 0 Å². The summed E-state index contributed by atoms with van der Waals surface area (Å²) in [5.41, 5.74) is 2.07. The van der Waals surface area contributed by atoms with E-state index in [1.165, 1.54) is 0 Å². The van der Waals surface area contributed by atoms with Crippen LogP contribution >= 0.6 is 0 Å². The first-order valence-electron chi connectivity index (χ1n) is 5.82. The number of aromatic amines is 1. The summed E-state index contributed by atoms with van der Waals surface area (Å²) in [4.78, 5) is 24.4. The highest BCUT2D eigenvalue weighted by Gasteiger charge is 2.13. The molecule has 2 rings (SSSR count). The second-order valence-electron chi connectivity index (χ2n) is 4.16. The van der Waals surface area contributed by atoms with Gasteiger partial charge in [0, 0.05) is 13.1 Å². The number of fused-ring (bicyclic) bond motifs is 1. The van der Waals surface area contributed by atoms with E-state index in [1.807, 2.05) is 6.07 Å². The first-order valence-corrected chi connectivity index (χ1v) is 5.82. The van der Waals surface area contributed by atoms with Gasteiger partial charge in [-0.15, -0.1) is 0 Å². The van der Waals surface area contributed by atoms with E-state index in [4.69, 9.17) is 9.52 Å². The molecule has 1 aromatic carbocycles. The third kappa shape index (κ3) is 3.21. The minimum Gasteiger partial charge on any atom is -0.480 e. The van der Waals surface area contributed by atoms with Gasteiger partial charge in [0.15, 0.2) is 5.58 Å². The van der Waals surface area contributed by atoms with Crippen molar-refractivity contribution in [3.8, 4) is 0 Å². The Labute approximate surface area is 108 Å². The molecule has 0 spiro atoms. The topological polar surface area (TPSA) is 107 Å².